The zero-order valence-corrected chi connectivity index (χ0v) is 14.2. The van der Waals surface area contributed by atoms with E-state index in [0.717, 1.165) is 32.8 Å². The molecule has 1 fully saturated rings. The van der Waals surface area contributed by atoms with Crippen LogP contribution in [0.4, 0.5) is 0 Å². The van der Waals surface area contributed by atoms with E-state index >= 15 is 0 Å². The first kappa shape index (κ1) is 17.9. The van der Waals surface area contributed by atoms with Crippen molar-refractivity contribution in [3.8, 4) is 0 Å². The third-order valence-corrected chi connectivity index (χ3v) is 2.70. The van der Waals surface area contributed by atoms with Crippen LogP contribution in [0.3, 0.4) is 0 Å². The Labute approximate surface area is 128 Å². The lowest BCUT2D eigenvalue weighted by atomic mass is 10.1. The summed E-state index contributed by atoms with van der Waals surface area (Å²) in [4.78, 5) is 6.77. The third-order valence-electron chi connectivity index (χ3n) is 2.70. The maximum absolute atomic E-state index is 5.83. The predicted molar refractivity (Wildman–Crippen MR) is 86.6 cm³/mol. The Balaban J connectivity index is 0.00000289. The van der Waals surface area contributed by atoms with Crippen molar-refractivity contribution < 1.29 is 4.74 Å². The zero-order valence-electron chi connectivity index (χ0n) is 11.9. The lowest BCUT2D eigenvalue weighted by Gasteiger charge is -2.31. The highest BCUT2D eigenvalue weighted by molar-refractivity contribution is 14.0. The molecule has 0 amide bonds. The van der Waals surface area contributed by atoms with Gasteiger partial charge in [-0.3, -0.25) is 9.89 Å². The van der Waals surface area contributed by atoms with Crippen molar-refractivity contribution >= 4 is 29.9 Å². The Hall–Kier alpha value is -0.0800. The van der Waals surface area contributed by atoms with Crippen LogP contribution in [0.5, 0.6) is 0 Å². The number of rotatable bonds is 3. The molecular weight excluding hydrogens is 343 g/mol. The van der Waals surface area contributed by atoms with Gasteiger partial charge in [0.15, 0.2) is 5.96 Å². The van der Waals surface area contributed by atoms with Crippen LogP contribution in [0.1, 0.15) is 27.7 Å². The van der Waals surface area contributed by atoms with Gasteiger partial charge in [0, 0.05) is 24.7 Å². The molecular formula is C12H27IN4O. The van der Waals surface area contributed by atoms with Crippen LogP contribution in [0.15, 0.2) is 4.99 Å². The number of nitrogens with two attached hydrogens (primary N) is 1. The maximum Gasteiger partial charge on any atom is 0.189 e. The summed E-state index contributed by atoms with van der Waals surface area (Å²) < 4.78 is 5.33. The van der Waals surface area contributed by atoms with Gasteiger partial charge in [-0.05, 0) is 27.7 Å². The molecule has 3 N–H and O–H groups in total. The minimum atomic E-state index is -0.0320. The third kappa shape index (κ3) is 7.38. The van der Waals surface area contributed by atoms with Gasteiger partial charge in [-0.2, -0.15) is 0 Å². The van der Waals surface area contributed by atoms with Gasteiger partial charge in [-0.25, -0.2) is 0 Å². The quantitative estimate of drug-likeness (QED) is 0.443. The van der Waals surface area contributed by atoms with Gasteiger partial charge in [0.1, 0.15) is 0 Å². The molecule has 0 spiro atoms. The lowest BCUT2D eigenvalue weighted by Crippen LogP contribution is -2.46. The molecule has 1 heterocycles. The van der Waals surface area contributed by atoms with Crippen LogP contribution in [-0.4, -0.2) is 55.3 Å². The zero-order chi connectivity index (χ0) is 12.9. The molecule has 1 saturated heterocycles. The normalized spacial score (nSPS) is 20.1. The molecule has 6 heteroatoms. The molecule has 108 valence electrons. The Morgan fingerprint density at radius 3 is 2.44 bits per heavy atom. The molecule has 0 aliphatic carbocycles. The molecule has 1 rings (SSSR count). The molecule has 0 aromatic rings. The highest BCUT2D eigenvalue weighted by Gasteiger charge is 2.17. The summed E-state index contributed by atoms with van der Waals surface area (Å²) in [6.45, 7) is 12.7. The first-order valence-electron chi connectivity index (χ1n) is 6.28. The first-order valence-corrected chi connectivity index (χ1v) is 6.28. The number of nitrogens with zero attached hydrogens (tertiary/aromatic N) is 2. The molecule has 0 aromatic carbocycles. The van der Waals surface area contributed by atoms with E-state index in [0.29, 0.717) is 12.0 Å². The average Bonchev–Trinajstić information content (AvgIpc) is 2.25. The van der Waals surface area contributed by atoms with Crippen LogP contribution >= 0.6 is 24.0 Å². The summed E-state index contributed by atoms with van der Waals surface area (Å²) in [6, 6.07) is 0.416. The molecule has 1 unspecified atom stereocenters. The Kier molecular flexibility index (Phi) is 8.13. The van der Waals surface area contributed by atoms with Crippen molar-refractivity contribution in [2.75, 3.05) is 32.8 Å². The summed E-state index contributed by atoms with van der Waals surface area (Å²) in [5, 5.41) is 3.16. The Morgan fingerprint density at radius 2 is 1.94 bits per heavy atom. The molecule has 0 saturated carbocycles. The molecule has 1 aliphatic rings. The summed E-state index contributed by atoms with van der Waals surface area (Å²) in [6.07, 6.45) is 0. The van der Waals surface area contributed by atoms with E-state index in [9.17, 15) is 0 Å². The number of hydrogen-bond donors (Lipinski definition) is 2. The molecule has 18 heavy (non-hydrogen) atoms. The fraction of sp³-hybridized carbons (Fsp3) is 0.917. The van der Waals surface area contributed by atoms with Gasteiger partial charge in [0.2, 0.25) is 0 Å². The van der Waals surface area contributed by atoms with Crippen molar-refractivity contribution in [1.29, 1.82) is 0 Å². The summed E-state index contributed by atoms with van der Waals surface area (Å²) in [7, 11) is 0. The number of morpholine rings is 1. The average molecular weight is 370 g/mol. The molecule has 1 aliphatic heterocycles. The second kappa shape index (κ2) is 8.16. The molecule has 0 aromatic heterocycles. The van der Waals surface area contributed by atoms with Crippen LogP contribution in [0.2, 0.25) is 0 Å². The van der Waals surface area contributed by atoms with Crippen molar-refractivity contribution in [1.82, 2.24) is 10.2 Å². The predicted octanol–water partition coefficient (Wildman–Crippen LogP) is 1.03. The van der Waals surface area contributed by atoms with Gasteiger partial charge < -0.3 is 15.8 Å². The summed E-state index contributed by atoms with van der Waals surface area (Å²) >= 11 is 0. The second-order valence-electron chi connectivity index (χ2n) is 5.60. The number of halogens is 1. The molecule has 5 nitrogen and oxygen atoms in total. The van der Waals surface area contributed by atoms with Gasteiger partial charge in [0.05, 0.1) is 19.8 Å². The fourth-order valence-electron chi connectivity index (χ4n) is 1.79. The first-order chi connectivity index (χ1) is 7.88. The second-order valence-corrected chi connectivity index (χ2v) is 5.60. The molecule has 1 atom stereocenters. The van der Waals surface area contributed by atoms with E-state index in [1.807, 2.05) is 0 Å². The number of ether oxygens (including phenoxy) is 1. The minimum Gasteiger partial charge on any atom is -0.379 e. The molecule has 0 bridgehead atoms. The summed E-state index contributed by atoms with van der Waals surface area (Å²) in [5.74, 6) is 0.526. The van der Waals surface area contributed by atoms with Crippen molar-refractivity contribution in [3.05, 3.63) is 0 Å². The van der Waals surface area contributed by atoms with E-state index in [-0.39, 0.29) is 29.5 Å². The Bertz CT molecular complexity index is 259. The SMILES string of the molecule is CC(CN=C(N)NC(C)(C)C)N1CCOCC1.I. The highest BCUT2D eigenvalue weighted by atomic mass is 127. The number of aliphatic imine (C=N–C) groups is 1. The minimum absolute atomic E-state index is 0. The number of guanidine groups is 1. The van der Waals surface area contributed by atoms with E-state index in [1.165, 1.54) is 0 Å². The van der Waals surface area contributed by atoms with Gasteiger partial charge in [0.25, 0.3) is 0 Å². The van der Waals surface area contributed by atoms with E-state index in [2.05, 4.69) is 42.9 Å². The summed E-state index contributed by atoms with van der Waals surface area (Å²) in [5.41, 5.74) is 5.80. The van der Waals surface area contributed by atoms with Crippen LogP contribution in [0, 0.1) is 0 Å². The monoisotopic (exact) mass is 370 g/mol. The highest BCUT2D eigenvalue weighted by Crippen LogP contribution is 2.04. The number of hydrogen-bond acceptors (Lipinski definition) is 3. The fourth-order valence-corrected chi connectivity index (χ4v) is 1.79. The van der Waals surface area contributed by atoms with E-state index in [4.69, 9.17) is 10.5 Å². The standard InChI is InChI=1S/C12H26N4O.HI/c1-10(16-5-7-17-8-6-16)9-14-11(13)15-12(2,3)4;/h10H,5-9H2,1-4H3,(H3,13,14,15);1H. The van der Waals surface area contributed by atoms with Crippen molar-refractivity contribution in [3.63, 3.8) is 0 Å². The Morgan fingerprint density at radius 1 is 1.39 bits per heavy atom. The van der Waals surface area contributed by atoms with Crippen LogP contribution in [-0.2, 0) is 4.74 Å². The molecule has 0 radical (unpaired) electrons. The van der Waals surface area contributed by atoms with Gasteiger partial charge in [-0.15, -0.1) is 24.0 Å². The largest absolute Gasteiger partial charge is 0.379 e. The smallest absolute Gasteiger partial charge is 0.189 e. The van der Waals surface area contributed by atoms with Crippen LogP contribution < -0.4 is 11.1 Å². The van der Waals surface area contributed by atoms with Crippen molar-refractivity contribution in [2.45, 2.75) is 39.3 Å². The van der Waals surface area contributed by atoms with Gasteiger partial charge in [-0.1, -0.05) is 0 Å². The van der Waals surface area contributed by atoms with Gasteiger partial charge >= 0.3 is 0 Å². The number of nitrogens with one attached hydrogen (secondary N) is 1. The topological polar surface area (TPSA) is 62.9 Å². The van der Waals surface area contributed by atoms with E-state index < -0.39 is 0 Å². The maximum atomic E-state index is 5.83. The van der Waals surface area contributed by atoms with Crippen LogP contribution in [0.25, 0.3) is 0 Å². The lowest BCUT2D eigenvalue weighted by molar-refractivity contribution is 0.0220. The van der Waals surface area contributed by atoms with Crippen molar-refractivity contribution in [2.24, 2.45) is 10.7 Å². The van der Waals surface area contributed by atoms with E-state index in [1.54, 1.807) is 0 Å².